The number of carbonyl (C=O) groups excluding carboxylic acids is 1. The monoisotopic (exact) mass is 285 g/mol. The SMILES string of the molecule is Nc1ncnc(N)c1N1CC(CBr)CC1=O. The summed E-state index contributed by atoms with van der Waals surface area (Å²) in [5, 5.41) is 0.780. The number of halogens is 1. The molecule has 0 aromatic carbocycles. The highest BCUT2D eigenvalue weighted by Crippen LogP contribution is 2.32. The lowest BCUT2D eigenvalue weighted by atomic mass is 10.2. The van der Waals surface area contributed by atoms with Crippen molar-refractivity contribution in [2.75, 3.05) is 28.2 Å². The standard InChI is InChI=1S/C9H12BrN5O/c10-2-5-1-6(16)15(3-5)7-8(11)13-4-14-9(7)12/h4-5H,1-3H2,(H4,11,12,13,14). The smallest absolute Gasteiger partial charge is 0.227 e. The molecule has 0 saturated carbocycles. The van der Waals surface area contributed by atoms with E-state index >= 15 is 0 Å². The number of hydrogen-bond donors (Lipinski definition) is 2. The highest BCUT2D eigenvalue weighted by atomic mass is 79.9. The largest absolute Gasteiger partial charge is 0.382 e. The summed E-state index contributed by atoms with van der Waals surface area (Å²) in [5.41, 5.74) is 11.9. The van der Waals surface area contributed by atoms with Crippen LogP contribution >= 0.6 is 15.9 Å². The Morgan fingerprint density at radius 2 is 2.06 bits per heavy atom. The number of anilines is 3. The fourth-order valence-corrected chi connectivity index (χ4v) is 2.22. The van der Waals surface area contributed by atoms with Gasteiger partial charge in [-0.3, -0.25) is 4.79 Å². The van der Waals surface area contributed by atoms with Gasteiger partial charge in [0.15, 0.2) is 11.6 Å². The van der Waals surface area contributed by atoms with Gasteiger partial charge in [0, 0.05) is 18.3 Å². The Morgan fingerprint density at radius 3 is 2.56 bits per heavy atom. The minimum atomic E-state index is 0.0117. The Kier molecular flexibility index (Phi) is 2.95. The van der Waals surface area contributed by atoms with Gasteiger partial charge in [-0.2, -0.15) is 0 Å². The van der Waals surface area contributed by atoms with Crippen molar-refractivity contribution >= 4 is 39.2 Å². The molecule has 1 unspecified atom stereocenters. The summed E-state index contributed by atoms with van der Waals surface area (Å²) in [6.07, 6.45) is 1.79. The molecule has 1 aliphatic rings. The Bertz CT molecular complexity index is 404. The van der Waals surface area contributed by atoms with Gasteiger partial charge in [0.2, 0.25) is 5.91 Å². The molecule has 4 N–H and O–H groups in total. The van der Waals surface area contributed by atoms with Crippen molar-refractivity contribution in [2.24, 2.45) is 5.92 Å². The highest BCUT2D eigenvalue weighted by Gasteiger charge is 2.32. The van der Waals surface area contributed by atoms with E-state index < -0.39 is 0 Å². The predicted octanol–water partition coefficient (Wildman–Crippen LogP) is 0.389. The van der Waals surface area contributed by atoms with Gasteiger partial charge in [-0.15, -0.1) is 0 Å². The van der Waals surface area contributed by atoms with E-state index in [0.717, 1.165) is 5.33 Å². The van der Waals surface area contributed by atoms with Crippen LogP contribution in [0.3, 0.4) is 0 Å². The summed E-state index contributed by atoms with van der Waals surface area (Å²) >= 11 is 3.37. The van der Waals surface area contributed by atoms with Crippen LogP contribution in [0.5, 0.6) is 0 Å². The molecule has 1 atom stereocenters. The summed E-state index contributed by atoms with van der Waals surface area (Å²) in [5.74, 6) is 0.788. The van der Waals surface area contributed by atoms with Gasteiger partial charge in [0.1, 0.15) is 12.0 Å². The van der Waals surface area contributed by atoms with Crippen LogP contribution in [0.4, 0.5) is 17.3 Å². The summed E-state index contributed by atoms with van der Waals surface area (Å²) < 4.78 is 0. The third-order valence-electron chi connectivity index (χ3n) is 2.57. The molecule has 6 nitrogen and oxygen atoms in total. The zero-order valence-electron chi connectivity index (χ0n) is 8.56. The van der Waals surface area contributed by atoms with Gasteiger partial charge >= 0.3 is 0 Å². The van der Waals surface area contributed by atoms with Crippen LogP contribution in [0.2, 0.25) is 0 Å². The lowest BCUT2D eigenvalue weighted by molar-refractivity contribution is -0.117. The first kappa shape index (κ1) is 11.1. The number of amides is 1. The number of nitrogens with two attached hydrogens (primary N) is 2. The molecule has 1 aliphatic heterocycles. The Balaban J connectivity index is 2.35. The lowest BCUT2D eigenvalue weighted by Crippen LogP contribution is -2.27. The molecule has 7 heteroatoms. The molecule has 1 aromatic heterocycles. The van der Waals surface area contributed by atoms with Crippen molar-refractivity contribution in [2.45, 2.75) is 6.42 Å². The molecule has 86 valence electrons. The van der Waals surface area contributed by atoms with E-state index in [2.05, 4.69) is 25.9 Å². The summed E-state index contributed by atoms with van der Waals surface area (Å²) in [6.45, 7) is 0.603. The van der Waals surface area contributed by atoms with E-state index in [0.29, 0.717) is 18.7 Å². The van der Waals surface area contributed by atoms with Gasteiger partial charge in [-0.1, -0.05) is 15.9 Å². The van der Waals surface area contributed by atoms with Crippen molar-refractivity contribution in [3.8, 4) is 0 Å². The molecule has 0 spiro atoms. The average Bonchev–Trinajstić information content (AvgIpc) is 2.60. The minimum Gasteiger partial charge on any atom is -0.382 e. The quantitative estimate of drug-likeness (QED) is 0.766. The third-order valence-corrected chi connectivity index (χ3v) is 3.49. The molecule has 1 fully saturated rings. The summed E-state index contributed by atoms with van der Waals surface area (Å²) in [4.78, 5) is 21.1. The van der Waals surface area contributed by atoms with E-state index in [4.69, 9.17) is 11.5 Å². The van der Waals surface area contributed by atoms with Crippen molar-refractivity contribution in [3.05, 3.63) is 6.33 Å². The van der Waals surface area contributed by atoms with E-state index in [1.807, 2.05) is 0 Å². The first-order valence-electron chi connectivity index (χ1n) is 4.85. The minimum absolute atomic E-state index is 0.0117. The summed E-state index contributed by atoms with van der Waals surface area (Å²) in [6, 6.07) is 0. The van der Waals surface area contributed by atoms with Gasteiger partial charge in [-0.05, 0) is 5.92 Å². The maximum Gasteiger partial charge on any atom is 0.227 e. The van der Waals surface area contributed by atoms with Crippen LogP contribution in [0.1, 0.15) is 6.42 Å². The Labute approximate surface area is 101 Å². The summed E-state index contributed by atoms with van der Waals surface area (Å²) in [7, 11) is 0. The Hall–Kier alpha value is -1.37. The second-order valence-corrected chi connectivity index (χ2v) is 4.37. The average molecular weight is 286 g/mol. The zero-order valence-corrected chi connectivity index (χ0v) is 10.1. The maximum atomic E-state index is 11.8. The van der Waals surface area contributed by atoms with E-state index in [-0.39, 0.29) is 23.5 Å². The molecule has 16 heavy (non-hydrogen) atoms. The van der Waals surface area contributed by atoms with Crippen LogP contribution in [-0.2, 0) is 4.79 Å². The number of nitrogens with zero attached hydrogens (tertiary/aromatic N) is 3. The molecule has 0 radical (unpaired) electrons. The highest BCUT2D eigenvalue weighted by molar-refractivity contribution is 9.09. The number of carbonyl (C=O) groups is 1. The maximum absolute atomic E-state index is 11.8. The fraction of sp³-hybridized carbons (Fsp3) is 0.444. The van der Waals surface area contributed by atoms with Crippen LogP contribution in [0, 0.1) is 5.92 Å². The number of aromatic nitrogens is 2. The number of rotatable bonds is 2. The van der Waals surface area contributed by atoms with Gasteiger partial charge in [-0.25, -0.2) is 9.97 Å². The van der Waals surface area contributed by atoms with E-state index in [9.17, 15) is 4.79 Å². The van der Waals surface area contributed by atoms with Crippen LogP contribution in [0.25, 0.3) is 0 Å². The molecule has 2 heterocycles. The molecule has 1 amide bonds. The second-order valence-electron chi connectivity index (χ2n) is 3.72. The molecular weight excluding hydrogens is 274 g/mol. The molecule has 0 bridgehead atoms. The Morgan fingerprint density at radius 1 is 1.44 bits per heavy atom. The molecule has 0 aliphatic carbocycles. The second kappa shape index (κ2) is 4.25. The topological polar surface area (TPSA) is 98.1 Å². The predicted molar refractivity (Wildman–Crippen MR) is 65.1 cm³/mol. The third kappa shape index (κ3) is 1.82. The van der Waals surface area contributed by atoms with Gasteiger partial charge in [0.05, 0.1) is 0 Å². The van der Waals surface area contributed by atoms with Crippen molar-refractivity contribution in [1.82, 2.24) is 9.97 Å². The zero-order chi connectivity index (χ0) is 11.7. The fourth-order valence-electron chi connectivity index (χ4n) is 1.78. The van der Waals surface area contributed by atoms with Crippen LogP contribution in [-0.4, -0.2) is 27.7 Å². The first-order valence-corrected chi connectivity index (χ1v) is 5.98. The molecular formula is C9H12BrN5O. The number of nitrogen functional groups attached to an aromatic ring is 2. The first-order chi connectivity index (χ1) is 7.63. The van der Waals surface area contributed by atoms with Gasteiger partial charge in [0.25, 0.3) is 0 Å². The van der Waals surface area contributed by atoms with Crippen LogP contribution < -0.4 is 16.4 Å². The van der Waals surface area contributed by atoms with Crippen molar-refractivity contribution < 1.29 is 4.79 Å². The van der Waals surface area contributed by atoms with E-state index in [1.165, 1.54) is 6.33 Å². The molecule has 1 aromatic rings. The van der Waals surface area contributed by atoms with Crippen molar-refractivity contribution in [1.29, 1.82) is 0 Å². The van der Waals surface area contributed by atoms with Crippen molar-refractivity contribution in [3.63, 3.8) is 0 Å². The number of hydrogen-bond acceptors (Lipinski definition) is 5. The van der Waals surface area contributed by atoms with E-state index in [1.54, 1.807) is 4.90 Å². The van der Waals surface area contributed by atoms with Gasteiger partial charge < -0.3 is 16.4 Å². The molecule has 2 rings (SSSR count). The normalized spacial score (nSPS) is 20.4. The van der Waals surface area contributed by atoms with Crippen LogP contribution in [0.15, 0.2) is 6.33 Å². The number of alkyl halides is 1. The lowest BCUT2D eigenvalue weighted by Gasteiger charge is -2.18. The molecule has 1 saturated heterocycles.